The molecule has 0 aliphatic carbocycles. The number of ether oxygens (including phenoxy) is 1. The number of nitrogens with two attached hydrogens (primary N) is 1. The fraction of sp³-hybridized carbons (Fsp3) is 0.364. The molecule has 0 aliphatic rings. The molecule has 1 amide bonds. The third-order valence-electron chi connectivity index (χ3n) is 1.98. The summed E-state index contributed by atoms with van der Waals surface area (Å²) in [5.41, 5.74) is 5.65. The molecule has 0 spiro atoms. The van der Waals surface area contributed by atoms with Gasteiger partial charge in [-0.2, -0.15) is 0 Å². The zero-order chi connectivity index (χ0) is 13.6. The van der Waals surface area contributed by atoms with Crippen LogP contribution in [0, 0.1) is 0 Å². The molecular weight excluding hydrogens is 249 g/mol. The number of anilines is 1. The van der Waals surface area contributed by atoms with Crippen LogP contribution >= 0.6 is 0 Å². The lowest BCUT2D eigenvalue weighted by molar-refractivity contribution is -0.274. The van der Waals surface area contributed by atoms with Crippen molar-refractivity contribution in [2.24, 2.45) is 5.73 Å². The first-order valence-electron chi connectivity index (χ1n) is 5.26. The number of rotatable bonds is 5. The van der Waals surface area contributed by atoms with Crippen LogP contribution in [-0.2, 0) is 4.79 Å². The summed E-state index contributed by atoms with van der Waals surface area (Å²) in [5, 5.41) is 2.54. The van der Waals surface area contributed by atoms with Crippen LogP contribution in [0.15, 0.2) is 24.3 Å². The standard InChI is InChI=1S/C11H13F3N2O2/c12-11(13,14)18-9-5-3-8(4-6-9)16-10(17)2-1-7-15/h3-6H,1-2,7,15H2,(H,16,17). The molecule has 0 aliphatic heterocycles. The molecule has 3 N–H and O–H groups in total. The van der Waals surface area contributed by atoms with Crippen LogP contribution in [0.2, 0.25) is 0 Å². The number of hydrogen-bond donors (Lipinski definition) is 2. The second-order valence-corrected chi connectivity index (χ2v) is 3.51. The van der Waals surface area contributed by atoms with Crippen molar-refractivity contribution in [1.82, 2.24) is 0 Å². The van der Waals surface area contributed by atoms with E-state index in [1.807, 2.05) is 0 Å². The van der Waals surface area contributed by atoms with E-state index in [2.05, 4.69) is 10.1 Å². The van der Waals surface area contributed by atoms with Crippen LogP contribution in [0.3, 0.4) is 0 Å². The van der Waals surface area contributed by atoms with Gasteiger partial charge in [-0.25, -0.2) is 0 Å². The SMILES string of the molecule is NCCCC(=O)Nc1ccc(OC(F)(F)F)cc1. The normalized spacial score (nSPS) is 11.1. The van der Waals surface area contributed by atoms with E-state index in [0.717, 1.165) is 12.1 Å². The van der Waals surface area contributed by atoms with E-state index in [4.69, 9.17) is 5.73 Å². The molecule has 0 atom stereocenters. The molecule has 0 saturated heterocycles. The molecule has 18 heavy (non-hydrogen) atoms. The van der Waals surface area contributed by atoms with Gasteiger partial charge in [0.2, 0.25) is 5.91 Å². The minimum absolute atomic E-state index is 0.232. The summed E-state index contributed by atoms with van der Waals surface area (Å²) >= 11 is 0. The Hall–Kier alpha value is -1.76. The molecule has 0 heterocycles. The topological polar surface area (TPSA) is 64.4 Å². The number of carbonyl (C=O) groups is 1. The molecule has 0 aromatic heterocycles. The van der Waals surface area contributed by atoms with Gasteiger partial charge in [0, 0.05) is 12.1 Å². The third-order valence-corrected chi connectivity index (χ3v) is 1.98. The van der Waals surface area contributed by atoms with Gasteiger partial charge in [-0.15, -0.1) is 13.2 Å². The summed E-state index contributed by atoms with van der Waals surface area (Å²) in [6.07, 6.45) is -3.88. The van der Waals surface area contributed by atoms with Gasteiger partial charge in [-0.1, -0.05) is 0 Å². The summed E-state index contributed by atoms with van der Waals surface area (Å²) in [4.78, 5) is 11.3. The average Bonchev–Trinajstić information content (AvgIpc) is 2.27. The first kappa shape index (κ1) is 14.3. The van der Waals surface area contributed by atoms with E-state index in [0.29, 0.717) is 18.7 Å². The van der Waals surface area contributed by atoms with E-state index in [1.165, 1.54) is 12.1 Å². The molecule has 0 unspecified atom stereocenters. The monoisotopic (exact) mass is 262 g/mol. The van der Waals surface area contributed by atoms with Crippen LogP contribution in [0.4, 0.5) is 18.9 Å². The molecule has 100 valence electrons. The number of amides is 1. The number of alkyl halides is 3. The summed E-state index contributed by atoms with van der Waals surface area (Å²) in [7, 11) is 0. The van der Waals surface area contributed by atoms with Crippen molar-refractivity contribution in [3.8, 4) is 5.75 Å². The van der Waals surface area contributed by atoms with E-state index in [-0.39, 0.29) is 18.1 Å². The second-order valence-electron chi connectivity index (χ2n) is 3.51. The minimum Gasteiger partial charge on any atom is -0.406 e. The van der Waals surface area contributed by atoms with Crippen LogP contribution in [0.5, 0.6) is 5.75 Å². The van der Waals surface area contributed by atoms with Gasteiger partial charge >= 0.3 is 6.36 Å². The summed E-state index contributed by atoms with van der Waals surface area (Å²) in [6, 6.07) is 4.93. The molecule has 4 nitrogen and oxygen atoms in total. The van der Waals surface area contributed by atoms with E-state index < -0.39 is 6.36 Å². The number of hydrogen-bond acceptors (Lipinski definition) is 3. The molecule has 0 bridgehead atoms. The highest BCUT2D eigenvalue weighted by Gasteiger charge is 2.30. The Morgan fingerprint density at radius 3 is 2.39 bits per heavy atom. The maximum Gasteiger partial charge on any atom is 0.573 e. The van der Waals surface area contributed by atoms with Crippen molar-refractivity contribution in [1.29, 1.82) is 0 Å². The fourth-order valence-electron chi connectivity index (χ4n) is 1.23. The molecule has 0 radical (unpaired) electrons. The summed E-state index contributed by atoms with van der Waals surface area (Å²) in [5.74, 6) is -0.563. The van der Waals surface area contributed by atoms with E-state index in [1.54, 1.807) is 0 Å². The smallest absolute Gasteiger partial charge is 0.406 e. The highest BCUT2D eigenvalue weighted by molar-refractivity contribution is 5.90. The average molecular weight is 262 g/mol. The lowest BCUT2D eigenvalue weighted by Gasteiger charge is -2.09. The lowest BCUT2D eigenvalue weighted by atomic mass is 10.2. The predicted molar refractivity (Wildman–Crippen MR) is 60.0 cm³/mol. The molecule has 1 aromatic rings. The first-order chi connectivity index (χ1) is 8.40. The van der Waals surface area contributed by atoms with Crippen LogP contribution in [-0.4, -0.2) is 18.8 Å². The van der Waals surface area contributed by atoms with Crippen molar-refractivity contribution in [2.75, 3.05) is 11.9 Å². The van der Waals surface area contributed by atoms with E-state index >= 15 is 0 Å². The Morgan fingerprint density at radius 2 is 1.89 bits per heavy atom. The zero-order valence-electron chi connectivity index (χ0n) is 9.46. The quantitative estimate of drug-likeness (QED) is 0.855. The number of carbonyl (C=O) groups excluding carboxylic acids is 1. The van der Waals surface area contributed by atoms with Gasteiger partial charge in [0.15, 0.2) is 0 Å². The first-order valence-corrected chi connectivity index (χ1v) is 5.26. The summed E-state index contributed by atoms with van der Waals surface area (Å²) in [6.45, 7) is 0.409. The maximum absolute atomic E-state index is 11.9. The Morgan fingerprint density at radius 1 is 1.28 bits per heavy atom. The second kappa shape index (κ2) is 6.25. The van der Waals surface area contributed by atoms with Gasteiger partial charge in [-0.3, -0.25) is 4.79 Å². The van der Waals surface area contributed by atoms with Crippen molar-refractivity contribution in [3.05, 3.63) is 24.3 Å². The highest BCUT2D eigenvalue weighted by atomic mass is 19.4. The van der Waals surface area contributed by atoms with Gasteiger partial charge in [0.05, 0.1) is 0 Å². The highest BCUT2D eigenvalue weighted by Crippen LogP contribution is 2.23. The Kier molecular flexibility index (Phi) is 4.96. The van der Waals surface area contributed by atoms with Crippen molar-refractivity contribution < 1.29 is 22.7 Å². The predicted octanol–water partition coefficient (Wildman–Crippen LogP) is 2.26. The largest absolute Gasteiger partial charge is 0.573 e. The Bertz CT molecular complexity index is 390. The Labute approximate surface area is 102 Å². The third kappa shape index (κ3) is 5.53. The lowest BCUT2D eigenvalue weighted by Crippen LogP contribution is -2.17. The number of nitrogens with one attached hydrogen (secondary N) is 1. The van der Waals surface area contributed by atoms with Crippen LogP contribution < -0.4 is 15.8 Å². The van der Waals surface area contributed by atoms with Crippen LogP contribution in [0.25, 0.3) is 0 Å². The van der Waals surface area contributed by atoms with Gasteiger partial charge in [-0.05, 0) is 37.2 Å². The van der Waals surface area contributed by atoms with Crippen LogP contribution in [0.1, 0.15) is 12.8 Å². The zero-order valence-corrected chi connectivity index (χ0v) is 9.46. The molecule has 7 heteroatoms. The van der Waals surface area contributed by atoms with E-state index in [9.17, 15) is 18.0 Å². The van der Waals surface area contributed by atoms with Gasteiger partial charge < -0.3 is 15.8 Å². The molecule has 0 fully saturated rings. The molecule has 1 aromatic carbocycles. The van der Waals surface area contributed by atoms with Crippen molar-refractivity contribution >= 4 is 11.6 Å². The minimum atomic E-state index is -4.72. The maximum atomic E-state index is 11.9. The fourth-order valence-corrected chi connectivity index (χ4v) is 1.23. The summed E-state index contributed by atoms with van der Waals surface area (Å²) < 4.78 is 39.4. The molecule has 1 rings (SSSR count). The van der Waals surface area contributed by atoms with Gasteiger partial charge in [0.1, 0.15) is 5.75 Å². The number of halogens is 3. The van der Waals surface area contributed by atoms with Crippen molar-refractivity contribution in [2.45, 2.75) is 19.2 Å². The molecule has 0 saturated carbocycles. The number of benzene rings is 1. The van der Waals surface area contributed by atoms with Gasteiger partial charge in [0.25, 0.3) is 0 Å². The van der Waals surface area contributed by atoms with Crippen molar-refractivity contribution in [3.63, 3.8) is 0 Å². The molecular formula is C11H13F3N2O2. The Balaban J connectivity index is 2.52.